The molecule has 1 saturated carbocycles. The maximum atomic E-state index is 5.57. The lowest BCUT2D eigenvalue weighted by Gasteiger charge is -2.48. The van der Waals surface area contributed by atoms with Crippen molar-refractivity contribution in [2.75, 3.05) is 39.9 Å². The molecule has 1 saturated heterocycles. The Balaban J connectivity index is 1.59. The van der Waals surface area contributed by atoms with Gasteiger partial charge in [0.15, 0.2) is 5.96 Å². The minimum absolute atomic E-state index is 0.225. The molecule has 7 nitrogen and oxygen atoms in total. The number of hydrogen-bond donors (Lipinski definition) is 2. The Morgan fingerprint density at radius 1 is 1.15 bits per heavy atom. The van der Waals surface area contributed by atoms with Crippen LogP contribution in [0.15, 0.2) is 9.52 Å². The van der Waals surface area contributed by atoms with Crippen molar-refractivity contribution in [1.82, 2.24) is 20.7 Å². The second kappa shape index (κ2) is 8.86. The van der Waals surface area contributed by atoms with Gasteiger partial charge in [-0.25, -0.2) is 0 Å². The van der Waals surface area contributed by atoms with Crippen LogP contribution in [0.3, 0.4) is 0 Å². The first-order chi connectivity index (χ1) is 12.6. The number of aromatic nitrogens is 1. The van der Waals surface area contributed by atoms with Gasteiger partial charge in [0, 0.05) is 44.3 Å². The Morgan fingerprint density at radius 2 is 1.88 bits per heavy atom. The number of morpholine rings is 1. The van der Waals surface area contributed by atoms with E-state index in [-0.39, 0.29) is 5.54 Å². The molecule has 2 aliphatic rings. The lowest BCUT2D eigenvalue weighted by Crippen LogP contribution is -2.60. The van der Waals surface area contributed by atoms with Crippen molar-refractivity contribution in [3.05, 3.63) is 17.0 Å². The fourth-order valence-electron chi connectivity index (χ4n) is 4.25. The Kier molecular flexibility index (Phi) is 6.53. The summed E-state index contributed by atoms with van der Waals surface area (Å²) in [6, 6.07) is 0. The Bertz CT molecular complexity index is 582. The SMILES string of the molecule is CN=C(NCc1c(C)noc1C)NCC1(N2CCOCC2)CCCCC1. The molecule has 1 aliphatic carbocycles. The molecule has 146 valence electrons. The zero-order chi connectivity index (χ0) is 18.4. The summed E-state index contributed by atoms with van der Waals surface area (Å²) in [5, 5.41) is 11.0. The molecule has 0 radical (unpaired) electrons. The number of aliphatic imine (C=N–C) groups is 1. The van der Waals surface area contributed by atoms with E-state index in [2.05, 4.69) is 25.7 Å². The fraction of sp³-hybridized carbons (Fsp3) is 0.789. The molecular formula is C19H33N5O2. The van der Waals surface area contributed by atoms with Gasteiger partial charge in [-0.05, 0) is 26.7 Å². The summed E-state index contributed by atoms with van der Waals surface area (Å²) in [7, 11) is 1.82. The van der Waals surface area contributed by atoms with E-state index in [4.69, 9.17) is 9.26 Å². The highest BCUT2D eigenvalue weighted by Gasteiger charge is 2.38. The summed E-state index contributed by atoms with van der Waals surface area (Å²) in [6.45, 7) is 9.28. The Hall–Kier alpha value is -1.60. The van der Waals surface area contributed by atoms with Gasteiger partial charge in [-0.3, -0.25) is 9.89 Å². The van der Waals surface area contributed by atoms with E-state index in [0.717, 1.165) is 55.8 Å². The van der Waals surface area contributed by atoms with Crippen LogP contribution in [-0.4, -0.2) is 61.5 Å². The molecule has 0 atom stereocenters. The third-order valence-corrected chi connectivity index (χ3v) is 5.89. The molecule has 1 aromatic heterocycles. The van der Waals surface area contributed by atoms with E-state index in [9.17, 15) is 0 Å². The molecule has 0 spiro atoms. The first kappa shape index (κ1) is 19.2. The second-order valence-electron chi connectivity index (χ2n) is 7.47. The molecule has 0 unspecified atom stereocenters. The molecule has 0 amide bonds. The highest BCUT2D eigenvalue weighted by atomic mass is 16.5. The molecule has 1 aromatic rings. The number of nitrogens with one attached hydrogen (secondary N) is 2. The van der Waals surface area contributed by atoms with Crippen molar-refractivity contribution in [2.45, 2.75) is 58.0 Å². The van der Waals surface area contributed by atoms with E-state index in [1.54, 1.807) is 0 Å². The Labute approximate surface area is 156 Å². The molecule has 2 N–H and O–H groups in total. The number of rotatable bonds is 5. The van der Waals surface area contributed by atoms with Crippen molar-refractivity contribution in [3.8, 4) is 0 Å². The summed E-state index contributed by atoms with van der Waals surface area (Å²) in [5.74, 6) is 1.70. The molecule has 26 heavy (non-hydrogen) atoms. The maximum absolute atomic E-state index is 5.57. The van der Waals surface area contributed by atoms with Crippen molar-refractivity contribution >= 4 is 5.96 Å². The van der Waals surface area contributed by atoms with Crippen molar-refractivity contribution < 1.29 is 9.26 Å². The zero-order valence-electron chi connectivity index (χ0n) is 16.4. The summed E-state index contributed by atoms with van der Waals surface area (Å²) >= 11 is 0. The van der Waals surface area contributed by atoms with Crippen LogP contribution in [0.2, 0.25) is 0 Å². The maximum Gasteiger partial charge on any atom is 0.191 e. The molecule has 2 heterocycles. The van der Waals surface area contributed by atoms with Gasteiger partial charge in [0.1, 0.15) is 5.76 Å². The fourth-order valence-corrected chi connectivity index (χ4v) is 4.25. The quantitative estimate of drug-likeness (QED) is 0.616. The van der Waals surface area contributed by atoms with Gasteiger partial charge in [0.25, 0.3) is 0 Å². The lowest BCUT2D eigenvalue weighted by atomic mass is 9.80. The van der Waals surface area contributed by atoms with Crippen molar-refractivity contribution in [2.24, 2.45) is 4.99 Å². The molecular weight excluding hydrogens is 330 g/mol. The highest BCUT2D eigenvalue weighted by molar-refractivity contribution is 5.79. The largest absolute Gasteiger partial charge is 0.379 e. The van der Waals surface area contributed by atoms with Gasteiger partial charge in [-0.2, -0.15) is 0 Å². The predicted molar refractivity (Wildman–Crippen MR) is 102 cm³/mol. The number of hydrogen-bond acceptors (Lipinski definition) is 5. The smallest absolute Gasteiger partial charge is 0.191 e. The third-order valence-electron chi connectivity index (χ3n) is 5.89. The van der Waals surface area contributed by atoms with Gasteiger partial charge in [-0.15, -0.1) is 0 Å². The summed E-state index contributed by atoms with van der Waals surface area (Å²) < 4.78 is 10.8. The van der Waals surface area contributed by atoms with Gasteiger partial charge in [0.05, 0.1) is 18.9 Å². The van der Waals surface area contributed by atoms with Crippen LogP contribution in [0.25, 0.3) is 0 Å². The first-order valence-corrected chi connectivity index (χ1v) is 9.84. The Morgan fingerprint density at radius 3 is 2.50 bits per heavy atom. The third kappa shape index (κ3) is 4.38. The van der Waals surface area contributed by atoms with Crippen LogP contribution in [0.5, 0.6) is 0 Å². The van der Waals surface area contributed by atoms with Crippen LogP contribution < -0.4 is 10.6 Å². The topological polar surface area (TPSA) is 74.9 Å². The van der Waals surface area contributed by atoms with Crippen LogP contribution in [0, 0.1) is 13.8 Å². The van der Waals surface area contributed by atoms with Crippen molar-refractivity contribution in [1.29, 1.82) is 0 Å². The second-order valence-corrected chi connectivity index (χ2v) is 7.47. The van der Waals surface area contributed by atoms with E-state index in [1.807, 2.05) is 20.9 Å². The van der Waals surface area contributed by atoms with Gasteiger partial charge in [0.2, 0.25) is 0 Å². The molecule has 3 rings (SSSR count). The monoisotopic (exact) mass is 363 g/mol. The van der Waals surface area contributed by atoms with E-state index in [1.165, 1.54) is 32.1 Å². The molecule has 0 bridgehead atoms. The van der Waals surface area contributed by atoms with E-state index in [0.29, 0.717) is 6.54 Å². The van der Waals surface area contributed by atoms with Crippen LogP contribution in [-0.2, 0) is 11.3 Å². The molecule has 1 aliphatic heterocycles. The average Bonchev–Trinajstić information content (AvgIpc) is 3.01. The van der Waals surface area contributed by atoms with E-state index >= 15 is 0 Å². The number of guanidine groups is 1. The minimum Gasteiger partial charge on any atom is -0.379 e. The molecule has 0 aromatic carbocycles. The minimum atomic E-state index is 0.225. The molecule has 7 heteroatoms. The lowest BCUT2D eigenvalue weighted by molar-refractivity contribution is -0.0352. The summed E-state index contributed by atoms with van der Waals surface area (Å²) in [5.41, 5.74) is 2.26. The predicted octanol–water partition coefficient (Wildman–Crippen LogP) is 1.99. The summed E-state index contributed by atoms with van der Waals surface area (Å²) in [4.78, 5) is 7.05. The van der Waals surface area contributed by atoms with Crippen LogP contribution >= 0.6 is 0 Å². The first-order valence-electron chi connectivity index (χ1n) is 9.84. The average molecular weight is 364 g/mol. The standard InChI is InChI=1S/C19H33N5O2/c1-15-17(16(2)26-23-15)13-21-18(20-3)22-14-19(7-5-4-6-8-19)24-9-11-25-12-10-24/h4-14H2,1-3H3,(H2,20,21,22). The van der Waals surface area contributed by atoms with E-state index < -0.39 is 0 Å². The van der Waals surface area contributed by atoms with Crippen LogP contribution in [0.1, 0.15) is 49.1 Å². The number of ether oxygens (including phenoxy) is 1. The normalized spacial score (nSPS) is 21.6. The van der Waals surface area contributed by atoms with Gasteiger partial charge in [-0.1, -0.05) is 24.4 Å². The highest BCUT2D eigenvalue weighted by Crippen LogP contribution is 2.33. The zero-order valence-corrected chi connectivity index (χ0v) is 16.4. The van der Waals surface area contributed by atoms with Crippen molar-refractivity contribution in [3.63, 3.8) is 0 Å². The van der Waals surface area contributed by atoms with Gasteiger partial charge < -0.3 is 19.9 Å². The summed E-state index contributed by atoms with van der Waals surface area (Å²) in [6.07, 6.45) is 6.47. The number of aryl methyl sites for hydroxylation is 2. The van der Waals surface area contributed by atoms with Crippen LogP contribution in [0.4, 0.5) is 0 Å². The number of nitrogens with zero attached hydrogens (tertiary/aromatic N) is 3. The molecule has 2 fully saturated rings. The van der Waals surface area contributed by atoms with Gasteiger partial charge >= 0.3 is 0 Å².